The van der Waals surface area contributed by atoms with E-state index in [2.05, 4.69) is 17.0 Å². The molecule has 26 heavy (non-hydrogen) atoms. The monoisotopic (exact) mass is 358 g/mol. The van der Waals surface area contributed by atoms with Crippen LogP contribution in [0.1, 0.15) is 38.2 Å². The first-order valence-corrected chi connectivity index (χ1v) is 9.73. The molecule has 2 heterocycles. The van der Waals surface area contributed by atoms with Crippen LogP contribution < -0.4 is 0 Å². The molecule has 0 unspecified atom stereocenters. The third kappa shape index (κ3) is 4.26. The number of carbonyl (C=O) groups is 2. The lowest BCUT2D eigenvalue weighted by Gasteiger charge is -2.43. The van der Waals surface area contributed by atoms with Gasteiger partial charge < -0.3 is 14.5 Å². The van der Waals surface area contributed by atoms with Crippen LogP contribution in [0.5, 0.6) is 0 Å². The largest absolute Gasteiger partial charge is 0.379 e. The van der Waals surface area contributed by atoms with Crippen LogP contribution in [0.2, 0.25) is 0 Å². The van der Waals surface area contributed by atoms with E-state index in [4.69, 9.17) is 4.74 Å². The molecule has 5 heteroatoms. The maximum Gasteiger partial charge on any atom is 0.226 e. The molecule has 2 saturated heterocycles. The van der Waals surface area contributed by atoms with Crippen molar-refractivity contribution < 1.29 is 14.3 Å². The minimum atomic E-state index is 0.0273. The van der Waals surface area contributed by atoms with Crippen molar-refractivity contribution in [3.8, 4) is 0 Å². The number of methoxy groups -OCH3 is 1. The summed E-state index contributed by atoms with van der Waals surface area (Å²) in [4.78, 5) is 28.7. The summed E-state index contributed by atoms with van der Waals surface area (Å²) < 4.78 is 5.75. The van der Waals surface area contributed by atoms with Crippen LogP contribution in [0.4, 0.5) is 0 Å². The normalized spacial score (nSPS) is 24.5. The van der Waals surface area contributed by atoms with E-state index in [1.165, 1.54) is 5.56 Å². The van der Waals surface area contributed by atoms with Crippen LogP contribution in [0.3, 0.4) is 0 Å². The van der Waals surface area contributed by atoms with Gasteiger partial charge in [-0.3, -0.25) is 9.59 Å². The van der Waals surface area contributed by atoms with E-state index in [0.29, 0.717) is 13.1 Å². The zero-order valence-electron chi connectivity index (χ0n) is 15.9. The number of carbonyl (C=O) groups excluding carboxylic acids is 2. The number of amides is 2. The van der Waals surface area contributed by atoms with Gasteiger partial charge in [0.1, 0.15) is 0 Å². The lowest BCUT2D eigenvalue weighted by molar-refractivity contribution is -0.147. The Bertz CT molecular complexity index is 611. The number of likely N-dealkylation sites (tertiary alicyclic amines) is 2. The zero-order chi connectivity index (χ0) is 18.5. The molecule has 2 atom stereocenters. The summed E-state index contributed by atoms with van der Waals surface area (Å²) in [5.41, 5.74) is 1.24. The van der Waals surface area contributed by atoms with Crippen LogP contribution in [0.15, 0.2) is 30.3 Å². The molecule has 0 saturated carbocycles. The summed E-state index contributed by atoms with van der Waals surface area (Å²) in [6.07, 6.45) is 4.44. The average molecular weight is 358 g/mol. The van der Waals surface area contributed by atoms with E-state index in [9.17, 15) is 9.59 Å². The van der Waals surface area contributed by atoms with Gasteiger partial charge in [-0.1, -0.05) is 30.3 Å². The predicted octanol–water partition coefficient (Wildman–Crippen LogP) is 2.49. The zero-order valence-corrected chi connectivity index (χ0v) is 15.9. The Morgan fingerprint density at radius 1 is 1.08 bits per heavy atom. The SMILES string of the molecule is CO[C@H]1CCCN(C(=O)C2CCN(C(C)=O)CC2)[C@H]1Cc1ccccc1. The topological polar surface area (TPSA) is 49.9 Å². The smallest absolute Gasteiger partial charge is 0.226 e. The number of nitrogens with zero attached hydrogens (tertiary/aromatic N) is 2. The van der Waals surface area contributed by atoms with Gasteiger partial charge in [0, 0.05) is 39.6 Å². The molecule has 1 aromatic carbocycles. The second kappa shape index (κ2) is 8.67. The Morgan fingerprint density at radius 2 is 1.77 bits per heavy atom. The van der Waals surface area contributed by atoms with Crippen LogP contribution in [-0.4, -0.2) is 60.5 Å². The lowest BCUT2D eigenvalue weighted by Crippen LogP contribution is -2.55. The van der Waals surface area contributed by atoms with E-state index in [1.54, 1.807) is 14.0 Å². The Morgan fingerprint density at radius 3 is 2.38 bits per heavy atom. The highest BCUT2D eigenvalue weighted by Crippen LogP contribution is 2.28. The number of rotatable bonds is 4. The second-order valence-electron chi connectivity index (χ2n) is 7.49. The fraction of sp³-hybridized carbons (Fsp3) is 0.619. The molecule has 2 amide bonds. The molecule has 0 aromatic heterocycles. The number of benzene rings is 1. The van der Waals surface area contributed by atoms with Gasteiger partial charge in [-0.25, -0.2) is 0 Å². The fourth-order valence-corrected chi connectivity index (χ4v) is 4.34. The van der Waals surface area contributed by atoms with Crippen molar-refractivity contribution in [2.24, 2.45) is 5.92 Å². The van der Waals surface area contributed by atoms with Gasteiger partial charge in [-0.2, -0.15) is 0 Å². The Labute approximate surface area is 156 Å². The van der Waals surface area contributed by atoms with Crippen LogP contribution in [0, 0.1) is 5.92 Å². The average Bonchev–Trinajstić information content (AvgIpc) is 2.68. The van der Waals surface area contributed by atoms with Gasteiger partial charge in [0.25, 0.3) is 0 Å². The maximum absolute atomic E-state index is 13.3. The Kier molecular flexibility index (Phi) is 6.30. The van der Waals surface area contributed by atoms with Crippen LogP contribution in [0.25, 0.3) is 0 Å². The van der Waals surface area contributed by atoms with Crippen molar-refractivity contribution in [3.63, 3.8) is 0 Å². The minimum Gasteiger partial charge on any atom is -0.379 e. The quantitative estimate of drug-likeness (QED) is 0.831. The molecule has 0 bridgehead atoms. The van der Waals surface area contributed by atoms with Crippen molar-refractivity contribution >= 4 is 11.8 Å². The summed E-state index contributed by atoms with van der Waals surface area (Å²) in [5.74, 6) is 0.380. The summed E-state index contributed by atoms with van der Waals surface area (Å²) in [5, 5.41) is 0. The van der Waals surface area contributed by atoms with Crippen molar-refractivity contribution in [2.75, 3.05) is 26.7 Å². The Hall–Kier alpha value is -1.88. The first-order valence-electron chi connectivity index (χ1n) is 9.73. The molecule has 1 aromatic rings. The number of hydrogen-bond acceptors (Lipinski definition) is 3. The van der Waals surface area contributed by atoms with E-state index < -0.39 is 0 Å². The molecular weight excluding hydrogens is 328 g/mol. The molecule has 0 spiro atoms. The molecule has 142 valence electrons. The van der Waals surface area contributed by atoms with Crippen molar-refractivity contribution in [3.05, 3.63) is 35.9 Å². The number of hydrogen-bond donors (Lipinski definition) is 0. The van der Waals surface area contributed by atoms with Gasteiger partial charge in [-0.15, -0.1) is 0 Å². The van der Waals surface area contributed by atoms with Crippen LogP contribution >= 0.6 is 0 Å². The fourth-order valence-electron chi connectivity index (χ4n) is 4.34. The van der Waals surface area contributed by atoms with Gasteiger partial charge in [0.2, 0.25) is 11.8 Å². The molecule has 0 aliphatic carbocycles. The highest BCUT2D eigenvalue weighted by molar-refractivity contribution is 5.80. The molecule has 2 aliphatic heterocycles. The van der Waals surface area contributed by atoms with Crippen molar-refractivity contribution in [1.29, 1.82) is 0 Å². The molecule has 2 aliphatic rings. The van der Waals surface area contributed by atoms with Gasteiger partial charge >= 0.3 is 0 Å². The van der Waals surface area contributed by atoms with Crippen molar-refractivity contribution in [1.82, 2.24) is 9.80 Å². The minimum absolute atomic E-state index is 0.0273. The lowest BCUT2D eigenvalue weighted by atomic mass is 9.89. The Balaban J connectivity index is 1.70. The number of piperidine rings is 2. The van der Waals surface area contributed by atoms with E-state index in [0.717, 1.165) is 38.6 Å². The predicted molar refractivity (Wildman–Crippen MR) is 101 cm³/mol. The third-order valence-electron chi connectivity index (χ3n) is 5.88. The molecule has 0 N–H and O–H groups in total. The molecule has 2 fully saturated rings. The van der Waals surface area contributed by atoms with E-state index >= 15 is 0 Å². The van der Waals surface area contributed by atoms with Gasteiger partial charge in [0.15, 0.2) is 0 Å². The van der Waals surface area contributed by atoms with Crippen LogP contribution in [-0.2, 0) is 20.7 Å². The van der Waals surface area contributed by atoms with E-state index in [1.807, 2.05) is 23.1 Å². The summed E-state index contributed by atoms with van der Waals surface area (Å²) in [6, 6.07) is 10.4. The van der Waals surface area contributed by atoms with Gasteiger partial charge in [0.05, 0.1) is 12.1 Å². The molecule has 3 rings (SSSR count). The highest BCUT2D eigenvalue weighted by atomic mass is 16.5. The van der Waals surface area contributed by atoms with E-state index in [-0.39, 0.29) is 29.9 Å². The number of ether oxygens (including phenoxy) is 1. The molecule has 0 radical (unpaired) electrons. The first kappa shape index (κ1) is 18.9. The maximum atomic E-state index is 13.3. The third-order valence-corrected chi connectivity index (χ3v) is 5.88. The molecule has 5 nitrogen and oxygen atoms in total. The summed E-state index contributed by atoms with van der Waals surface area (Å²) in [7, 11) is 1.75. The first-order chi connectivity index (χ1) is 12.6. The van der Waals surface area contributed by atoms with Gasteiger partial charge in [-0.05, 0) is 37.7 Å². The standard InChI is InChI=1S/C21H30N2O3/c1-16(24)22-13-10-18(11-14-22)21(25)23-12-6-9-20(26-2)19(23)15-17-7-4-3-5-8-17/h3-5,7-8,18-20H,6,9-15H2,1-2H3/t19-,20-/m0/s1. The summed E-state index contributed by atoms with van der Waals surface area (Å²) >= 11 is 0. The highest BCUT2D eigenvalue weighted by Gasteiger charge is 2.38. The second-order valence-corrected chi connectivity index (χ2v) is 7.49. The molecular formula is C21H30N2O3. The van der Waals surface area contributed by atoms with Crippen molar-refractivity contribution in [2.45, 2.75) is 51.2 Å². The summed E-state index contributed by atoms with van der Waals surface area (Å²) in [6.45, 7) is 3.79.